The first-order valence-corrected chi connectivity index (χ1v) is 6.04. The summed E-state index contributed by atoms with van der Waals surface area (Å²) < 4.78 is 5.20. The zero-order valence-corrected chi connectivity index (χ0v) is 10.6. The number of carbonyl (C=O) groups is 2. The smallest absolute Gasteiger partial charge is 0.329 e. The van der Waals surface area contributed by atoms with Crippen LogP contribution in [0, 0.1) is 0 Å². The van der Waals surface area contributed by atoms with Gasteiger partial charge in [-0.25, -0.2) is 9.59 Å². The first kappa shape index (κ1) is 14.5. The number of likely N-dealkylation sites (tertiary alicyclic amines) is 1. The van der Waals surface area contributed by atoms with Crippen LogP contribution in [0.4, 0.5) is 4.79 Å². The van der Waals surface area contributed by atoms with Crippen LogP contribution < -0.4 is 5.32 Å². The summed E-state index contributed by atoms with van der Waals surface area (Å²) in [4.78, 5) is 23.8. The summed E-state index contributed by atoms with van der Waals surface area (Å²) in [6, 6.07) is -0.169. The van der Waals surface area contributed by atoms with Crippen molar-refractivity contribution in [1.29, 1.82) is 0 Å². The maximum atomic E-state index is 11.8. The summed E-state index contributed by atoms with van der Waals surface area (Å²) in [7, 11) is 0. The molecule has 2 amide bonds. The molecule has 0 radical (unpaired) electrons. The second-order valence-electron chi connectivity index (χ2n) is 4.37. The Bertz CT molecular complexity index is 311. The summed E-state index contributed by atoms with van der Waals surface area (Å²) in [6.45, 7) is 6.35. The van der Waals surface area contributed by atoms with Crippen LogP contribution in [-0.4, -0.2) is 53.8 Å². The second kappa shape index (κ2) is 7.00. The van der Waals surface area contributed by atoms with E-state index in [4.69, 9.17) is 9.84 Å². The number of hydrogen-bond acceptors (Lipinski definition) is 3. The fourth-order valence-electron chi connectivity index (χ4n) is 1.76. The number of nitrogens with one attached hydrogen (secondary N) is 1. The van der Waals surface area contributed by atoms with Crippen LogP contribution in [0.2, 0.25) is 0 Å². The van der Waals surface area contributed by atoms with Crippen molar-refractivity contribution in [2.24, 2.45) is 0 Å². The Hall–Kier alpha value is -1.56. The molecule has 0 aliphatic carbocycles. The Kier molecular flexibility index (Phi) is 5.64. The Balaban J connectivity index is 2.28. The molecule has 0 saturated carbocycles. The molecule has 102 valence electrons. The van der Waals surface area contributed by atoms with E-state index in [0.717, 1.165) is 0 Å². The molecule has 0 aromatic carbocycles. The van der Waals surface area contributed by atoms with Gasteiger partial charge in [0.1, 0.15) is 6.61 Å². The van der Waals surface area contributed by atoms with Crippen LogP contribution in [0.3, 0.4) is 0 Å². The van der Waals surface area contributed by atoms with Crippen molar-refractivity contribution in [1.82, 2.24) is 10.2 Å². The molecule has 0 aromatic rings. The number of hydrogen-bond donors (Lipinski definition) is 2. The predicted molar refractivity (Wildman–Crippen MR) is 66.4 cm³/mol. The number of rotatable bonds is 5. The fourth-order valence-corrected chi connectivity index (χ4v) is 1.76. The van der Waals surface area contributed by atoms with E-state index in [1.807, 2.05) is 6.92 Å². The fraction of sp³-hybridized carbons (Fsp3) is 0.667. The van der Waals surface area contributed by atoms with Crippen molar-refractivity contribution in [2.45, 2.75) is 31.9 Å². The van der Waals surface area contributed by atoms with E-state index >= 15 is 0 Å². The van der Waals surface area contributed by atoms with Gasteiger partial charge in [0.15, 0.2) is 0 Å². The van der Waals surface area contributed by atoms with Crippen molar-refractivity contribution in [3.05, 3.63) is 12.7 Å². The van der Waals surface area contributed by atoms with E-state index in [1.165, 1.54) is 0 Å². The Morgan fingerprint density at radius 3 is 2.67 bits per heavy atom. The molecular weight excluding hydrogens is 236 g/mol. The molecule has 1 unspecified atom stereocenters. The van der Waals surface area contributed by atoms with E-state index in [2.05, 4.69) is 11.9 Å². The highest BCUT2D eigenvalue weighted by atomic mass is 16.5. The largest absolute Gasteiger partial charge is 0.480 e. The minimum atomic E-state index is -0.963. The number of nitrogens with zero attached hydrogens (tertiary/aromatic N) is 1. The molecule has 0 aromatic heterocycles. The highest BCUT2D eigenvalue weighted by Gasteiger charge is 2.23. The second-order valence-corrected chi connectivity index (χ2v) is 4.37. The van der Waals surface area contributed by atoms with Gasteiger partial charge in [-0.05, 0) is 19.8 Å². The molecule has 1 atom stereocenters. The van der Waals surface area contributed by atoms with Crippen molar-refractivity contribution in [2.75, 3.05) is 19.7 Å². The molecule has 6 nitrogen and oxygen atoms in total. The average Bonchev–Trinajstić information content (AvgIpc) is 2.36. The zero-order valence-electron chi connectivity index (χ0n) is 10.6. The number of carbonyl (C=O) groups excluding carboxylic acids is 1. The lowest BCUT2D eigenvalue weighted by molar-refractivity contribution is -0.145. The van der Waals surface area contributed by atoms with Gasteiger partial charge in [0.25, 0.3) is 0 Å². The summed E-state index contributed by atoms with van der Waals surface area (Å²) in [6.07, 6.45) is 2.94. The van der Waals surface area contributed by atoms with Gasteiger partial charge >= 0.3 is 12.0 Å². The molecule has 1 aliphatic heterocycles. The number of carboxylic acid groups (broad SMARTS) is 1. The standard InChI is InChI=1S/C12H20N2O4/c1-3-9(2)13-12(17)14-6-4-10(5-7-14)18-8-11(15)16/h3,9-10H,1,4-8H2,2H3,(H,13,17)(H,15,16). The van der Waals surface area contributed by atoms with Crippen LogP contribution >= 0.6 is 0 Å². The third-order valence-electron chi connectivity index (χ3n) is 2.88. The predicted octanol–water partition coefficient (Wildman–Crippen LogP) is 0.836. The zero-order chi connectivity index (χ0) is 13.5. The lowest BCUT2D eigenvalue weighted by Crippen LogP contribution is -2.48. The van der Waals surface area contributed by atoms with E-state index in [9.17, 15) is 9.59 Å². The van der Waals surface area contributed by atoms with Crippen molar-refractivity contribution < 1.29 is 19.4 Å². The average molecular weight is 256 g/mol. The summed E-state index contributed by atoms with van der Waals surface area (Å²) in [5.41, 5.74) is 0. The normalized spacial score (nSPS) is 18.2. The number of urea groups is 1. The minimum Gasteiger partial charge on any atom is -0.480 e. The van der Waals surface area contributed by atoms with Crippen molar-refractivity contribution >= 4 is 12.0 Å². The van der Waals surface area contributed by atoms with E-state index in [-0.39, 0.29) is 24.8 Å². The first-order chi connectivity index (χ1) is 8.52. The quantitative estimate of drug-likeness (QED) is 0.714. The number of aliphatic carboxylic acids is 1. The molecule has 1 heterocycles. The molecule has 0 spiro atoms. The molecule has 2 N–H and O–H groups in total. The van der Waals surface area contributed by atoms with Gasteiger partial charge in [-0.2, -0.15) is 0 Å². The summed E-state index contributed by atoms with van der Waals surface area (Å²) in [5.74, 6) is -0.963. The molecule has 1 fully saturated rings. The monoisotopic (exact) mass is 256 g/mol. The van der Waals surface area contributed by atoms with Crippen molar-refractivity contribution in [3.63, 3.8) is 0 Å². The Morgan fingerprint density at radius 2 is 2.17 bits per heavy atom. The van der Waals surface area contributed by atoms with Gasteiger partial charge in [-0.3, -0.25) is 0 Å². The topological polar surface area (TPSA) is 78.9 Å². The van der Waals surface area contributed by atoms with Crippen LogP contribution in [0.1, 0.15) is 19.8 Å². The van der Waals surface area contributed by atoms with Crippen LogP contribution in [0.15, 0.2) is 12.7 Å². The molecule has 1 rings (SSSR count). The minimum absolute atomic E-state index is 0.0570. The van der Waals surface area contributed by atoms with Crippen LogP contribution in [-0.2, 0) is 9.53 Å². The summed E-state index contributed by atoms with van der Waals surface area (Å²) in [5, 5.41) is 11.3. The van der Waals surface area contributed by atoms with Gasteiger partial charge in [-0.1, -0.05) is 6.08 Å². The molecule has 1 saturated heterocycles. The van der Waals surface area contributed by atoms with Crippen LogP contribution in [0.5, 0.6) is 0 Å². The SMILES string of the molecule is C=CC(C)NC(=O)N1CCC(OCC(=O)O)CC1. The number of ether oxygens (including phenoxy) is 1. The molecule has 18 heavy (non-hydrogen) atoms. The van der Waals surface area contributed by atoms with Crippen molar-refractivity contribution in [3.8, 4) is 0 Å². The summed E-state index contributed by atoms with van der Waals surface area (Å²) >= 11 is 0. The molecule has 0 bridgehead atoms. The van der Waals surface area contributed by atoms with Gasteiger partial charge in [0.05, 0.1) is 6.10 Å². The molecular formula is C12H20N2O4. The third-order valence-corrected chi connectivity index (χ3v) is 2.88. The molecule has 6 heteroatoms. The van der Waals surface area contributed by atoms with Crippen LogP contribution in [0.25, 0.3) is 0 Å². The molecule has 1 aliphatic rings. The van der Waals surface area contributed by atoms with E-state index in [0.29, 0.717) is 25.9 Å². The third kappa shape index (κ3) is 4.75. The van der Waals surface area contributed by atoms with E-state index in [1.54, 1.807) is 11.0 Å². The highest BCUT2D eigenvalue weighted by Crippen LogP contribution is 2.13. The van der Waals surface area contributed by atoms with Gasteiger partial charge in [0.2, 0.25) is 0 Å². The number of carboxylic acids is 1. The maximum absolute atomic E-state index is 11.8. The van der Waals surface area contributed by atoms with Gasteiger partial charge in [0, 0.05) is 19.1 Å². The lowest BCUT2D eigenvalue weighted by atomic mass is 10.1. The number of piperidine rings is 1. The van der Waals surface area contributed by atoms with E-state index < -0.39 is 5.97 Å². The first-order valence-electron chi connectivity index (χ1n) is 6.04. The number of amides is 2. The lowest BCUT2D eigenvalue weighted by Gasteiger charge is -2.32. The Labute approximate surface area is 107 Å². The van der Waals surface area contributed by atoms with Gasteiger partial charge in [-0.15, -0.1) is 6.58 Å². The Morgan fingerprint density at radius 1 is 1.56 bits per heavy atom. The highest BCUT2D eigenvalue weighted by molar-refractivity contribution is 5.74. The van der Waals surface area contributed by atoms with Gasteiger partial charge < -0.3 is 20.1 Å². The maximum Gasteiger partial charge on any atom is 0.329 e.